The number of para-hydroxylation sites is 1. The van der Waals surface area contributed by atoms with Crippen LogP contribution in [-0.4, -0.2) is 46.0 Å². The summed E-state index contributed by atoms with van der Waals surface area (Å²) in [6.45, 7) is 4.30. The van der Waals surface area contributed by atoms with Gasteiger partial charge in [0.25, 0.3) is 0 Å². The van der Waals surface area contributed by atoms with Gasteiger partial charge in [-0.15, -0.1) is 0 Å². The van der Waals surface area contributed by atoms with Gasteiger partial charge in [-0.05, 0) is 19.9 Å². The fourth-order valence-electron chi connectivity index (χ4n) is 2.71. The lowest BCUT2D eigenvalue weighted by Crippen LogP contribution is -2.45. The fourth-order valence-corrected chi connectivity index (χ4v) is 2.71. The molecule has 1 aromatic carbocycles. The average molecular weight is 364 g/mol. The highest BCUT2D eigenvalue weighted by atomic mass is 16.6. The van der Waals surface area contributed by atoms with Crippen LogP contribution in [-0.2, 0) is 14.3 Å². The van der Waals surface area contributed by atoms with Crippen molar-refractivity contribution in [1.29, 1.82) is 0 Å². The Balaban J connectivity index is 2.46. The average Bonchev–Trinajstić information content (AvgIpc) is 2.61. The molecule has 0 aromatic heterocycles. The Kier molecular flexibility index (Phi) is 6.85. The van der Waals surface area contributed by atoms with Crippen LogP contribution in [0.25, 0.3) is 0 Å². The zero-order chi connectivity index (χ0) is 19.1. The Labute approximate surface area is 152 Å². The van der Waals surface area contributed by atoms with Crippen molar-refractivity contribution in [3.63, 3.8) is 0 Å². The monoisotopic (exact) mass is 364 g/mol. The van der Waals surface area contributed by atoms with E-state index in [1.54, 1.807) is 25.1 Å². The first-order valence-electron chi connectivity index (χ1n) is 8.27. The van der Waals surface area contributed by atoms with E-state index in [9.17, 15) is 9.59 Å². The van der Waals surface area contributed by atoms with E-state index < -0.39 is 18.0 Å². The minimum Gasteiger partial charge on any atom is -0.493 e. The van der Waals surface area contributed by atoms with Gasteiger partial charge in [-0.3, -0.25) is 0 Å². The summed E-state index contributed by atoms with van der Waals surface area (Å²) in [7, 11) is 3.05. The van der Waals surface area contributed by atoms with Crippen molar-refractivity contribution in [1.82, 2.24) is 10.6 Å². The van der Waals surface area contributed by atoms with Gasteiger partial charge < -0.3 is 29.6 Å². The van der Waals surface area contributed by atoms with Crippen molar-refractivity contribution < 1.29 is 28.5 Å². The first-order chi connectivity index (χ1) is 12.5. The van der Waals surface area contributed by atoms with E-state index in [0.717, 1.165) is 0 Å². The Bertz CT molecular complexity index is 701. The van der Waals surface area contributed by atoms with E-state index >= 15 is 0 Å². The number of urea groups is 1. The smallest absolute Gasteiger partial charge is 0.338 e. The summed E-state index contributed by atoms with van der Waals surface area (Å²) >= 11 is 0. The predicted octanol–water partition coefficient (Wildman–Crippen LogP) is 1.91. The molecule has 1 heterocycles. The number of hydrogen-bond acceptors (Lipinski definition) is 6. The number of rotatable bonds is 8. The zero-order valence-corrected chi connectivity index (χ0v) is 15.4. The number of carbonyl (C=O) groups is 2. The Morgan fingerprint density at radius 1 is 1.23 bits per heavy atom. The topological polar surface area (TPSA) is 95.1 Å². The van der Waals surface area contributed by atoms with Gasteiger partial charge in [-0.25, -0.2) is 9.59 Å². The number of carbonyl (C=O) groups excluding carboxylic acids is 2. The molecule has 0 fully saturated rings. The third-order valence-corrected chi connectivity index (χ3v) is 3.84. The summed E-state index contributed by atoms with van der Waals surface area (Å²) in [5.74, 6) is 0.448. The molecule has 2 rings (SSSR count). The zero-order valence-electron chi connectivity index (χ0n) is 15.4. The molecular weight excluding hydrogens is 340 g/mol. The third kappa shape index (κ3) is 4.26. The lowest BCUT2D eigenvalue weighted by atomic mass is 9.94. The quantitative estimate of drug-likeness (QED) is 0.540. The standard InChI is InChI=1S/C18H24N2O6/c1-5-25-16-12(7-6-8-13(16)24-4)15-14(11(2)19-18(22)20-15)17(21)26-10-9-23-3/h6-8,15H,5,9-10H2,1-4H3,(H2,19,20,22)/t15-/m0/s1. The van der Waals surface area contributed by atoms with Crippen molar-refractivity contribution in [3.8, 4) is 11.5 Å². The second-order valence-electron chi connectivity index (χ2n) is 5.51. The second-order valence-corrected chi connectivity index (χ2v) is 5.51. The number of amides is 2. The molecule has 1 atom stereocenters. The van der Waals surface area contributed by atoms with E-state index in [4.69, 9.17) is 18.9 Å². The Morgan fingerprint density at radius 3 is 2.65 bits per heavy atom. The molecule has 8 heteroatoms. The summed E-state index contributed by atoms with van der Waals surface area (Å²) in [5.41, 5.74) is 1.33. The predicted molar refractivity (Wildman–Crippen MR) is 94.1 cm³/mol. The highest BCUT2D eigenvalue weighted by molar-refractivity contribution is 5.95. The summed E-state index contributed by atoms with van der Waals surface area (Å²) in [6, 6.07) is 4.17. The molecule has 142 valence electrons. The number of hydrogen-bond donors (Lipinski definition) is 2. The van der Waals surface area contributed by atoms with Crippen molar-refractivity contribution in [2.75, 3.05) is 34.0 Å². The minimum absolute atomic E-state index is 0.114. The molecule has 1 aliphatic rings. The van der Waals surface area contributed by atoms with Crippen LogP contribution < -0.4 is 20.1 Å². The van der Waals surface area contributed by atoms with Crippen LogP contribution in [0.4, 0.5) is 4.79 Å². The van der Waals surface area contributed by atoms with Gasteiger partial charge in [0.2, 0.25) is 0 Å². The lowest BCUT2D eigenvalue weighted by molar-refractivity contribution is -0.140. The van der Waals surface area contributed by atoms with Crippen molar-refractivity contribution >= 4 is 12.0 Å². The van der Waals surface area contributed by atoms with Crippen LogP contribution in [0.5, 0.6) is 11.5 Å². The minimum atomic E-state index is -0.726. The molecule has 0 saturated heterocycles. The summed E-state index contributed by atoms with van der Waals surface area (Å²) in [5, 5.41) is 5.36. The Morgan fingerprint density at radius 2 is 2.00 bits per heavy atom. The fraction of sp³-hybridized carbons (Fsp3) is 0.444. The Hall–Kier alpha value is -2.74. The summed E-state index contributed by atoms with van der Waals surface area (Å²) in [6.07, 6.45) is 0. The number of nitrogens with one attached hydrogen (secondary N) is 2. The molecule has 0 spiro atoms. The molecule has 0 aliphatic carbocycles. The van der Waals surface area contributed by atoms with Crippen LogP contribution in [0.3, 0.4) is 0 Å². The number of allylic oxidation sites excluding steroid dienone is 1. The maximum Gasteiger partial charge on any atom is 0.338 e. The van der Waals surface area contributed by atoms with E-state index in [1.165, 1.54) is 14.2 Å². The largest absolute Gasteiger partial charge is 0.493 e. The van der Waals surface area contributed by atoms with Gasteiger partial charge in [0, 0.05) is 18.4 Å². The SMILES string of the molecule is CCOc1c(OC)cccc1[C@@H]1NC(=O)NC(C)=C1C(=O)OCCOC. The van der Waals surface area contributed by atoms with Gasteiger partial charge >= 0.3 is 12.0 Å². The molecule has 0 radical (unpaired) electrons. The van der Waals surface area contributed by atoms with Crippen LogP contribution >= 0.6 is 0 Å². The molecule has 0 saturated carbocycles. The molecule has 1 aromatic rings. The maximum atomic E-state index is 12.6. The van der Waals surface area contributed by atoms with Gasteiger partial charge in [-0.2, -0.15) is 0 Å². The highest BCUT2D eigenvalue weighted by Gasteiger charge is 2.34. The van der Waals surface area contributed by atoms with Crippen LogP contribution in [0.1, 0.15) is 25.5 Å². The van der Waals surface area contributed by atoms with E-state index in [-0.39, 0.29) is 13.2 Å². The van der Waals surface area contributed by atoms with Gasteiger partial charge in [0.1, 0.15) is 6.61 Å². The number of ether oxygens (including phenoxy) is 4. The first kappa shape index (κ1) is 19.6. The molecule has 0 bridgehead atoms. The highest BCUT2D eigenvalue weighted by Crippen LogP contribution is 2.39. The molecule has 1 aliphatic heterocycles. The van der Waals surface area contributed by atoms with Crippen molar-refractivity contribution in [3.05, 3.63) is 35.0 Å². The normalized spacial score (nSPS) is 16.6. The van der Waals surface area contributed by atoms with Crippen molar-refractivity contribution in [2.24, 2.45) is 0 Å². The molecule has 8 nitrogen and oxygen atoms in total. The summed E-state index contributed by atoms with van der Waals surface area (Å²) in [4.78, 5) is 24.6. The van der Waals surface area contributed by atoms with Crippen molar-refractivity contribution in [2.45, 2.75) is 19.9 Å². The van der Waals surface area contributed by atoms with E-state index in [2.05, 4.69) is 10.6 Å². The van der Waals surface area contributed by atoms with Gasteiger partial charge in [0.05, 0.1) is 31.9 Å². The molecule has 0 unspecified atom stereocenters. The molecule has 26 heavy (non-hydrogen) atoms. The molecule has 2 amide bonds. The van der Waals surface area contributed by atoms with Gasteiger partial charge in [0.15, 0.2) is 11.5 Å². The number of methoxy groups -OCH3 is 2. The van der Waals surface area contributed by atoms with E-state index in [1.807, 2.05) is 6.92 Å². The van der Waals surface area contributed by atoms with Gasteiger partial charge in [-0.1, -0.05) is 12.1 Å². The maximum absolute atomic E-state index is 12.6. The van der Waals surface area contributed by atoms with Crippen LogP contribution in [0, 0.1) is 0 Å². The van der Waals surface area contributed by atoms with Crippen LogP contribution in [0.2, 0.25) is 0 Å². The molecular formula is C18H24N2O6. The number of esters is 1. The number of benzene rings is 1. The first-order valence-corrected chi connectivity index (χ1v) is 8.27. The summed E-state index contributed by atoms with van der Waals surface area (Å²) < 4.78 is 21.2. The third-order valence-electron chi connectivity index (χ3n) is 3.84. The van der Waals surface area contributed by atoms with Crippen LogP contribution in [0.15, 0.2) is 29.5 Å². The lowest BCUT2D eigenvalue weighted by Gasteiger charge is -2.29. The molecule has 2 N–H and O–H groups in total. The second kappa shape index (κ2) is 9.10. The van der Waals surface area contributed by atoms with E-state index in [0.29, 0.717) is 34.9 Å².